The largest absolute Gasteiger partial charge is 0.478 e. The lowest BCUT2D eigenvalue weighted by atomic mass is 9.84. The first-order valence-electron chi connectivity index (χ1n) is 13.1. The van der Waals surface area contributed by atoms with Crippen LogP contribution in [0.5, 0.6) is 0 Å². The normalized spacial score (nSPS) is 14.0. The van der Waals surface area contributed by atoms with Gasteiger partial charge in [0, 0.05) is 12.7 Å². The number of rotatable bonds is 9. The monoisotopic (exact) mass is 581 g/mol. The predicted octanol–water partition coefficient (Wildman–Crippen LogP) is 5.44. The summed E-state index contributed by atoms with van der Waals surface area (Å²) in [6, 6.07) is 16.1. The van der Waals surface area contributed by atoms with E-state index in [9.17, 15) is 31.9 Å². The molecule has 0 bridgehead atoms. The molecule has 0 atom stereocenters. The van der Waals surface area contributed by atoms with Crippen LogP contribution >= 0.6 is 0 Å². The predicted molar refractivity (Wildman–Crippen MR) is 148 cm³/mol. The van der Waals surface area contributed by atoms with Crippen molar-refractivity contribution in [3.63, 3.8) is 0 Å². The Labute approximate surface area is 237 Å². The highest BCUT2D eigenvalue weighted by molar-refractivity contribution is 7.89. The number of aromatic carboxylic acids is 1. The number of sulfonamides is 1. The van der Waals surface area contributed by atoms with E-state index in [1.807, 2.05) is 24.3 Å². The van der Waals surface area contributed by atoms with Crippen LogP contribution in [0, 0.1) is 23.0 Å². The molecule has 0 aliphatic heterocycles. The molecule has 1 saturated carbocycles. The Hall–Kier alpha value is -4.14. The van der Waals surface area contributed by atoms with Crippen molar-refractivity contribution < 1.29 is 31.9 Å². The Morgan fingerprint density at radius 1 is 1.00 bits per heavy atom. The molecule has 0 radical (unpaired) electrons. The summed E-state index contributed by atoms with van der Waals surface area (Å²) in [6.45, 7) is -0.585. The minimum Gasteiger partial charge on any atom is -0.478 e. The van der Waals surface area contributed by atoms with Gasteiger partial charge in [0.15, 0.2) is 11.6 Å². The zero-order valence-electron chi connectivity index (χ0n) is 22.4. The highest BCUT2D eigenvalue weighted by Gasteiger charge is 2.28. The molecule has 8 nitrogen and oxygen atoms in total. The Morgan fingerprint density at radius 3 is 2.22 bits per heavy atom. The van der Waals surface area contributed by atoms with Crippen molar-refractivity contribution in [3.05, 3.63) is 94.6 Å². The molecule has 0 spiro atoms. The number of nitriles is 1. The third kappa shape index (κ3) is 6.78. The van der Waals surface area contributed by atoms with Crippen molar-refractivity contribution in [3.8, 4) is 6.07 Å². The third-order valence-corrected chi connectivity index (χ3v) is 9.09. The number of carbonyl (C=O) groups is 2. The number of carbonyl (C=O) groups excluding carboxylic acids is 1. The molecule has 1 aliphatic rings. The molecule has 11 heteroatoms. The maximum Gasteiger partial charge on any atom is 0.335 e. The van der Waals surface area contributed by atoms with Crippen LogP contribution in [0.3, 0.4) is 0 Å². The summed E-state index contributed by atoms with van der Waals surface area (Å²) in [5.74, 6) is -4.24. The maximum absolute atomic E-state index is 14.0. The van der Waals surface area contributed by atoms with Gasteiger partial charge in [0.25, 0.3) is 0 Å². The number of likely N-dealkylation sites (N-methyl/N-ethyl adjacent to an activating group) is 1. The minimum atomic E-state index is -4.48. The van der Waals surface area contributed by atoms with E-state index in [1.165, 1.54) is 60.1 Å². The summed E-state index contributed by atoms with van der Waals surface area (Å²) >= 11 is 0. The summed E-state index contributed by atoms with van der Waals surface area (Å²) in [5.41, 5.74) is 1.60. The van der Waals surface area contributed by atoms with Gasteiger partial charge in [-0.15, -0.1) is 0 Å². The van der Waals surface area contributed by atoms with E-state index in [1.54, 1.807) is 0 Å². The number of amides is 1. The molecule has 1 amide bonds. The van der Waals surface area contributed by atoms with Crippen molar-refractivity contribution in [1.29, 1.82) is 5.26 Å². The van der Waals surface area contributed by atoms with Gasteiger partial charge in [-0.2, -0.15) is 9.57 Å². The van der Waals surface area contributed by atoms with Gasteiger partial charge in [0.2, 0.25) is 15.9 Å². The number of carboxylic acids is 1. The third-order valence-electron chi connectivity index (χ3n) is 7.31. The van der Waals surface area contributed by atoms with Crippen molar-refractivity contribution >= 4 is 27.6 Å². The number of nitrogens with zero attached hydrogens (tertiary/aromatic N) is 3. The van der Waals surface area contributed by atoms with Gasteiger partial charge in [-0.05, 0) is 66.3 Å². The zero-order valence-corrected chi connectivity index (χ0v) is 23.2. The average molecular weight is 582 g/mol. The number of benzene rings is 3. The summed E-state index contributed by atoms with van der Waals surface area (Å²) in [7, 11) is -3.36. The van der Waals surface area contributed by atoms with E-state index >= 15 is 0 Å². The molecular formula is C30H29F2N3O5S. The van der Waals surface area contributed by atoms with E-state index in [0.717, 1.165) is 25.5 Å². The van der Waals surface area contributed by atoms with Gasteiger partial charge < -0.3 is 10.0 Å². The molecule has 0 saturated heterocycles. The number of hydrogen-bond donors (Lipinski definition) is 1. The summed E-state index contributed by atoms with van der Waals surface area (Å²) in [5, 5.41) is 18.3. The topological polar surface area (TPSA) is 119 Å². The van der Waals surface area contributed by atoms with Gasteiger partial charge in [-0.3, -0.25) is 4.79 Å². The molecule has 3 aromatic rings. The number of anilines is 1. The smallest absolute Gasteiger partial charge is 0.335 e. The zero-order chi connectivity index (χ0) is 29.7. The lowest BCUT2D eigenvalue weighted by molar-refractivity contribution is -0.118. The van der Waals surface area contributed by atoms with Crippen LogP contribution < -0.4 is 4.90 Å². The van der Waals surface area contributed by atoms with Crippen LogP contribution in [0.1, 0.15) is 65.1 Å². The van der Waals surface area contributed by atoms with E-state index in [2.05, 4.69) is 0 Å². The highest BCUT2D eigenvalue weighted by atomic mass is 32.2. The molecule has 1 N–H and O–H groups in total. The number of hydrogen-bond acceptors (Lipinski definition) is 5. The molecule has 4 rings (SSSR count). The van der Waals surface area contributed by atoms with Crippen LogP contribution in [0.15, 0.2) is 65.6 Å². The van der Waals surface area contributed by atoms with Gasteiger partial charge in [-0.25, -0.2) is 22.0 Å². The Morgan fingerprint density at radius 2 is 1.63 bits per heavy atom. The SMILES string of the molecule is CN(CC(=O)N(Cc1ccc(C2CCCCC2)cc1)c1ccc(C(=O)O)cc1)S(=O)(=O)c1cc(F)c(F)c(C#N)c1. The quantitative estimate of drug-likeness (QED) is 0.360. The second-order valence-corrected chi connectivity index (χ2v) is 12.1. The molecule has 41 heavy (non-hydrogen) atoms. The molecule has 1 fully saturated rings. The van der Waals surface area contributed by atoms with E-state index < -0.39 is 50.5 Å². The molecule has 214 valence electrons. The van der Waals surface area contributed by atoms with Crippen molar-refractivity contribution in [2.24, 2.45) is 0 Å². The van der Waals surface area contributed by atoms with Crippen LogP contribution in [0.4, 0.5) is 14.5 Å². The number of carboxylic acid groups (broad SMARTS) is 1. The lowest BCUT2D eigenvalue weighted by Gasteiger charge is -2.26. The second kappa shape index (κ2) is 12.6. The van der Waals surface area contributed by atoms with Crippen molar-refractivity contribution in [1.82, 2.24) is 4.31 Å². The van der Waals surface area contributed by atoms with Crippen LogP contribution in [-0.2, 0) is 21.4 Å². The molecule has 3 aromatic carbocycles. The highest BCUT2D eigenvalue weighted by Crippen LogP contribution is 2.33. The first-order valence-corrected chi connectivity index (χ1v) is 14.5. The van der Waals surface area contributed by atoms with Gasteiger partial charge in [0.1, 0.15) is 6.07 Å². The standard InChI is InChI=1S/C30H29F2N3O5S/c1-34(41(39,40)26-15-24(17-33)29(32)27(31)16-26)19-28(36)35(25-13-11-23(12-14-25)30(37)38)18-20-7-9-22(10-8-20)21-5-3-2-4-6-21/h7-16,21H,2-6,18-19H2,1H3,(H,37,38). The van der Waals surface area contributed by atoms with Gasteiger partial charge in [0.05, 0.1) is 29.1 Å². The van der Waals surface area contributed by atoms with Gasteiger partial charge >= 0.3 is 5.97 Å². The molecule has 0 heterocycles. The Balaban J connectivity index is 1.60. The summed E-state index contributed by atoms with van der Waals surface area (Å²) < 4.78 is 54.7. The fourth-order valence-corrected chi connectivity index (χ4v) is 6.12. The summed E-state index contributed by atoms with van der Waals surface area (Å²) in [6.07, 6.45) is 5.90. The molecule has 1 aliphatic carbocycles. The van der Waals surface area contributed by atoms with Crippen LogP contribution in [0.25, 0.3) is 0 Å². The van der Waals surface area contributed by atoms with Crippen molar-refractivity contribution in [2.45, 2.75) is 49.5 Å². The first kappa shape index (κ1) is 29.8. The van der Waals surface area contributed by atoms with E-state index in [0.29, 0.717) is 28.0 Å². The van der Waals surface area contributed by atoms with E-state index in [4.69, 9.17) is 5.26 Å². The van der Waals surface area contributed by atoms with Crippen LogP contribution in [-0.4, -0.2) is 43.3 Å². The molecule has 0 unspecified atom stereocenters. The minimum absolute atomic E-state index is 0.0179. The van der Waals surface area contributed by atoms with Gasteiger partial charge in [-0.1, -0.05) is 43.5 Å². The molecule has 0 aromatic heterocycles. The van der Waals surface area contributed by atoms with E-state index in [-0.39, 0.29) is 12.1 Å². The lowest BCUT2D eigenvalue weighted by Crippen LogP contribution is -2.41. The number of halogens is 2. The molecular weight excluding hydrogens is 552 g/mol. The Kier molecular flexibility index (Phi) is 9.15. The fraction of sp³-hybridized carbons (Fsp3) is 0.300. The fourth-order valence-electron chi connectivity index (χ4n) is 4.96. The summed E-state index contributed by atoms with van der Waals surface area (Å²) in [4.78, 5) is 25.5. The first-order chi connectivity index (χ1) is 19.5. The Bertz CT molecular complexity index is 1580. The average Bonchev–Trinajstić information content (AvgIpc) is 2.97. The van der Waals surface area contributed by atoms with Crippen molar-refractivity contribution in [2.75, 3.05) is 18.5 Å². The second-order valence-electron chi connectivity index (χ2n) is 10.0. The van der Waals surface area contributed by atoms with Crippen LogP contribution in [0.2, 0.25) is 0 Å². The maximum atomic E-state index is 14.0.